The molecule has 3 nitrogen and oxygen atoms in total. The van der Waals surface area contributed by atoms with Crippen molar-refractivity contribution in [2.75, 3.05) is 13.7 Å². The van der Waals surface area contributed by atoms with Gasteiger partial charge in [-0.25, -0.2) is 0 Å². The lowest BCUT2D eigenvalue weighted by molar-refractivity contribution is 0.213. The van der Waals surface area contributed by atoms with Crippen LogP contribution in [0.4, 0.5) is 0 Å². The molecule has 0 fully saturated rings. The molecule has 2 N–H and O–H groups in total. The highest BCUT2D eigenvalue weighted by atomic mass is 16.5. The molecule has 2 aromatic rings. The zero-order valence-corrected chi connectivity index (χ0v) is 12.2. The second-order valence-corrected chi connectivity index (χ2v) is 4.88. The van der Waals surface area contributed by atoms with Gasteiger partial charge in [0, 0.05) is 6.54 Å². The highest BCUT2D eigenvalue weighted by Crippen LogP contribution is 2.26. The molecule has 0 heterocycles. The quantitative estimate of drug-likeness (QED) is 0.906. The summed E-state index contributed by atoms with van der Waals surface area (Å²) in [6.45, 7) is 4.59. The van der Waals surface area contributed by atoms with Crippen LogP contribution in [0.3, 0.4) is 0 Å². The molecule has 0 saturated carbocycles. The molecule has 0 spiro atoms. The summed E-state index contributed by atoms with van der Waals surface area (Å²) >= 11 is 0. The molecular weight excluding hydrogens is 250 g/mol. The molecule has 0 aromatic heterocycles. The van der Waals surface area contributed by atoms with E-state index < -0.39 is 0 Å². The van der Waals surface area contributed by atoms with Crippen LogP contribution in [0.15, 0.2) is 42.5 Å². The van der Waals surface area contributed by atoms with Crippen molar-refractivity contribution in [2.45, 2.75) is 20.0 Å². The second kappa shape index (κ2) is 6.44. The lowest BCUT2D eigenvalue weighted by Gasteiger charge is -2.20. The average molecular weight is 271 g/mol. The zero-order chi connectivity index (χ0) is 14.5. The summed E-state index contributed by atoms with van der Waals surface area (Å²) in [4.78, 5) is 0. The Hall–Kier alpha value is -2.00. The van der Waals surface area contributed by atoms with Crippen molar-refractivity contribution in [3.8, 4) is 11.5 Å². The Morgan fingerprint density at radius 2 is 1.65 bits per heavy atom. The van der Waals surface area contributed by atoms with Gasteiger partial charge in [-0.15, -0.1) is 0 Å². The zero-order valence-electron chi connectivity index (χ0n) is 12.2. The maximum Gasteiger partial charge on any atom is 0.136 e. The summed E-state index contributed by atoms with van der Waals surface area (Å²) in [6.07, 6.45) is -0.136. The maximum absolute atomic E-state index is 6.00. The molecule has 0 aliphatic heterocycles. The van der Waals surface area contributed by atoms with E-state index in [9.17, 15) is 0 Å². The Balaban J connectivity index is 2.21. The molecule has 3 heteroatoms. The first-order valence-electron chi connectivity index (χ1n) is 6.72. The number of nitrogens with two attached hydrogens (primary N) is 1. The van der Waals surface area contributed by atoms with Crippen LogP contribution in [0, 0.1) is 13.8 Å². The van der Waals surface area contributed by atoms with Gasteiger partial charge < -0.3 is 15.2 Å². The largest absolute Gasteiger partial charge is 0.497 e. The molecule has 20 heavy (non-hydrogen) atoms. The summed E-state index contributed by atoms with van der Waals surface area (Å²) in [5.74, 6) is 1.61. The molecule has 2 rings (SSSR count). The van der Waals surface area contributed by atoms with Gasteiger partial charge in [-0.1, -0.05) is 23.8 Å². The number of rotatable bonds is 5. The van der Waals surface area contributed by atoms with Crippen molar-refractivity contribution in [2.24, 2.45) is 5.73 Å². The van der Waals surface area contributed by atoms with Crippen molar-refractivity contribution >= 4 is 0 Å². The first-order chi connectivity index (χ1) is 9.63. The predicted molar refractivity (Wildman–Crippen MR) is 81.3 cm³/mol. The molecule has 0 bridgehead atoms. The van der Waals surface area contributed by atoms with Crippen molar-refractivity contribution < 1.29 is 9.47 Å². The minimum absolute atomic E-state index is 0.136. The summed E-state index contributed by atoms with van der Waals surface area (Å²) in [5.41, 5.74) is 9.42. The SMILES string of the molecule is COc1ccc(OC(CN)c2cc(C)ccc2C)cc1. The number of methoxy groups -OCH3 is 1. The molecule has 1 unspecified atom stereocenters. The molecule has 0 aliphatic carbocycles. The van der Waals surface area contributed by atoms with Crippen LogP contribution in [0.25, 0.3) is 0 Å². The first-order valence-corrected chi connectivity index (χ1v) is 6.72. The molecule has 1 atom stereocenters. The standard InChI is InChI=1S/C17H21NO2/c1-12-4-5-13(2)16(10-12)17(11-18)20-15-8-6-14(19-3)7-9-15/h4-10,17H,11,18H2,1-3H3. The fourth-order valence-corrected chi connectivity index (χ4v) is 2.16. The molecule has 0 amide bonds. The van der Waals surface area contributed by atoms with E-state index in [2.05, 4.69) is 32.0 Å². The van der Waals surface area contributed by atoms with Gasteiger partial charge in [-0.05, 0) is 49.2 Å². The molecule has 0 radical (unpaired) electrons. The van der Waals surface area contributed by atoms with Crippen LogP contribution in [-0.2, 0) is 0 Å². The van der Waals surface area contributed by atoms with Crippen molar-refractivity contribution in [1.82, 2.24) is 0 Å². The highest BCUT2D eigenvalue weighted by molar-refractivity contribution is 5.35. The van der Waals surface area contributed by atoms with E-state index in [1.54, 1.807) is 7.11 Å². The Bertz CT molecular complexity index is 564. The number of hydrogen-bond donors (Lipinski definition) is 1. The summed E-state index contributed by atoms with van der Waals surface area (Å²) in [7, 11) is 1.65. The van der Waals surface area contributed by atoms with Gasteiger partial charge in [-0.2, -0.15) is 0 Å². The summed E-state index contributed by atoms with van der Waals surface area (Å²) in [5, 5.41) is 0. The normalized spacial score (nSPS) is 12.0. The average Bonchev–Trinajstić information content (AvgIpc) is 2.48. The first kappa shape index (κ1) is 14.4. The van der Waals surface area contributed by atoms with E-state index in [0.29, 0.717) is 6.54 Å². The van der Waals surface area contributed by atoms with Crippen molar-refractivity contribution in [1.29, 1.82) is 0 Å². The van der Waals surface area contributed by atoms with Crippen LogP contribution in [0.2, 0.25) is 0 Å². The van der Waals surface area contributed by atoms with Gasteiger partial charge in [0.25, 0.3) is 0 Å². The minimum atomic E-state index is -0.136. The summed E-state index contributed by atoms with van der Waals surface area (Å²) < 4.78 is 11.1. The van der Waals surface area contributed by atoms with Crippen LogP contribution in [-0.4, -0.2) is 13.7 Å². The Labute approximate surface area is 120 Å². The van der Waals surface area contributed by atoms with E-state index in [1.165, 1.54) is 11.1 Å². The van der Waals surface area contributed by atoms with Gasteiger partial charge in [-0.3, -0.25) is 0 Å². The van der Waals surface area contributed by atoms with E-state index in [4.69, 9.17) is 15.2 Å². The number of ether oxygens (including phenoxy) is 2. The van der Waals surface area contributed by atoms with E-state index >= 15 is 0 Å². The fourth-order valence-electron chi connectivity index (χ4n) is 2.16. The van der Waals surface area contributed by atoms with Crippen LogP contribution in [0.5, 0.6) is 11.5 Å². The predicted octanol–water partition coefficient (Wildman–Crippen LogP) is 3.39. The fraction of sp³-hybridized carbons (Fsp3) is 0.294. The topological polar surface area (TPSA) is 44.5 Å². The maximum atomic E-state index is 6.00. The summed E-state index contributed by atoms with van der Waals surface area (Å²) in [6, 6.07) is 13.9. The van der Waals surface area contributed by atoms with Gasteiger partial charge in [0.05, 0.1) is 7.11 Å². The molecule has 0 aliphatic rings. The molecule has 0 saturated heterocycles. The Morgan fingerprint density at radius 1 is 1.00 bits per heavy atom. The number of aryl methyl sites for hydroxylation is 2. The molecular formula is C17H21NO2. The van der Waals surface area contributed by atoms with Crippen molar-refractivity contribution in [3.63, 3.8) is 0 Å². The third-order valence-electron chi connectivity index (χ3n) is 3.33. The smallest absolute Gasteiger partial charge is 0.136 e. The highest BCUT2D eigenvalue weighted by Gasteiger charge is 2.14. The van der Waals surface area contributed by atoms with E-state index in [0.717, 1.165) is 17.1 Å². The molecule has 2 aromatic carbocycles. The second-order valence-electron chi connectivity index (χ2n) is 4.88. The van der Waals surface area contributed by atoms with Crippen LogP contribution >= 0.6 is 0 Å². The van der Waals surface area contributed by atoms with Gasteiger partial charge >= 0.3 is 0 Å². The Morgan fingerprint density at radius 3 is 2.25 bits per heavy atom. The minimum Gasteiger partial charge on any atom is -0.497 e. The Kier molecular flexibility index (Phi) is 4.64. The molecule has 106 valence electrons. The van der Waals surface area contributed by atoms with Gasteiger partial charge in [0.1, 0.15) is 17.6 Å². The van der Waals surface area contributed by atoms with E-state index in [1.807, 2.05) is 24.3 Å². The van der Waals surface area contributed by atoms with Crippen molar-refractivity contribution in [3.05, 3.63) is 59.2 Å². The monoisotopic (exact) mass is 271 g/mol. The number of hydrogen-bond acceptors (Lipinski definition) is 3. The lowest BCUT2D eigenvalue weighted by Crippen LogP contribution is -2.19. The lowest BCUT2D eigenvalue weighted by atomic mass is 10.0. The third kappa shape index (κ3) is 3.31. The van der Waals surface area contributed by atoms with Gasteiger partial charge in [0.15, 0.2) is 0 Å². The third-order valence-corrected chi connectivity index (χ3v) is 3.33. The van der Waals surface area contributed by atoms with Crippen LogP contribution in [0.1, 0.15) is 22.8 Å². The van der Waals surface area contributed by atoms with Gasteiger partial charge in [0.2, 0.25) is 0 Å². The van der Waals surface area contributed by atoms with Crippen LogP contribution < -0.4 is 15.2 Å². The number of benzene rings is 2. The van der Waals surface area contributed by atoms with E-state index in [-0.39, 0.29) is 6.10 Å².